The van der Waals surface area contributed by atoms with Crippen molar-refractivity contribution in [2.45, 2.75) is 6.92 Å². The summed E-state index contributed by atoms with van der Waals surface area (Å²) in [6.45, 7) is 1.37. The van der Waals surface area contributed by atoms with Gasteiger partial charge in [0, 0.05) is 113 Å². The lowest BCUT2D eigenvalue weighted by atomic mass is 9.82. The van der Waals surface area contributed by atoms with Gasteiger partial charge in [0.05, 0.1) is 0 Å². The average molecular weight is 1230 g/mol. The number of rotatable bonds is 3. The van der Waals surface area contributed by atoms with E-state index >= 15 is 0 Å². The molecule has 6 aliphatic heterocycles. The van der Waals surface area contributed by atoms with E-state index in [0.717, 1.165) is 101 Å². The molecule has 18 nitrogen and oxygen atoms in total. The highest BCUT2D eigenvalue weighted by molar-refractivity contribution is 6.45. The first kappa shape index (κ1) is 51.9. The number of amides is 12. The van der Waals surface area contributed by atoms with Crippen molar-refractivity contribution in [1.29, 1.82) is 0 Å². The monoisotopic (exact) mass is 1220 g/mol. The summed E-state index contributed by atoms with van der Waals surface area (Å²) < 4.78 is 0. The topological polar surface area (TPSA) is 242 Å². The second-order valence-electron chi connectivity index (χ2n) is 24.7. The summed E-state index contributed by atoms with van der Waals surface area (Å²) in [5, 5.41) is 22.2. The Labute approximate surface area is 525 Å². The largest absolute Gasteiger partial charge is 0.288 e. The van der Waals surface area contributed by atoms with E-state index in [2.05, 4.69) is 10.6 Å². The predicted octanol–water partition coefficient (Wildman–Crippen LogP) is 12.0. The van der Waals surface area contributed by atoms with Crippen molar-refractivity contribution in [1.82, 2.24) is 30.2 Å². The second-order valence-corrected chi connectivity index (χ2v) is 24.7. The molecule has 0 saturated heterocycles. The molecule has 18 heteroatoms. The summed E-state index contributed by atoms with van der Waals surface area (Å²) in [5.74, 6) is -5.78. The maximum Gasteiger partial charge on any atom is 0.262 e. The molecule has 6 heterocycles. The van der Waals surface area contributed by atoms with Crippen LogP contribution in [0.5, 0.6) is 0 Å². The summed E-state index contributed by atoms with van der Waals surface area (Å²) in [6, 6.07) is 42.5. The normalized spacial score (nSPS) is 16.0. The van der Waals surface area contributed by atoms with Crippen molar-refractivity contribution >= 4 is 200 Å². The molecule has 21 rings (SSSR count). The zero-order chi connectivity index (χ0) is 63.8. The van der Waals surface area contributed by atoms with Crippen LogP contribution in [0.1, 0.15) is 131 Å². The van der Waals surface area contributed by atoms with Gasteiger partial charge >= 0.3 is 0 Å². The first-order valence-electron chi connectivity index (χ1n) is 30.3. The van der Waals surface area contributed by atoms with Crippen LogP contribution in [-0.4, -0.2) is 111 Å². The van der Waals surface area contributed by atoms with E-state index in [1.807, 2.05) is 48.5 Å². The van der Waals surface area contributed by atoms with E-state index in [0.29, 0.717) is 87.6 Å². The van der Waals surface area contributed by atoms with Crippen LogP contribution in [-0.2, 0) is 0 Å². The summed E-state index contributed by atoms with van der Waals surface area (Å²) in [5.41, 5.74) is 4.52. The number of hydrogen-bond donors (Lipinski definition) is 2. The highest BCUT2D eigenvalue weighted by atomic mass is 16.2. The fourth-order valence-electron chi connectivity index (χ4n) is 16.6. The van der Waals surface area contributed by atoms with Crippen LogP contribution in [0, 0.1) is 0 Å². The van der Waals surface area contributed by atoms with Gasteiger partial charge in [0.1, 0.15) is 6.67 Å². The van der Waals surface area contributed by atoms with Crippen LogP contribution < -0.4 is 10.6 Å². The molecular weight excluding hydrogens is 1190 g/mol. The Bertz CT molecular complexity index is 6210. The first-order chi connectivity index (χ1) is 45.5. The van der Waals surface area contributed by atoms with E-state index in [4.69, 9.17) is 0 Å². The van der Waals surface area contributed by atoms with Gasteiger partial charge in [-0.25, -0.2) is 0 Å². The number of carbonyl (C=O) groups is 12. The quantitative estimate of drug-likeness (QED) is 0.0953. The van der Waals surface area contributed by atoms with Crippen molar-refractivity contribution in [3.05, 3.63) is 212 Å². The Hall–Kier alpha value is -13.0. The fraction of sp³-hybridized carbons (Fsp3) is 0.0526. The Morgan fingerprint density at radius 1 is 0.223 bits per heavy atom. The smallest absolute Gasteiger partial charge is 0.262 e. The minimum atomic E-state index is -0.665. The Morgan fingerprint density at radius 2 is 0.394 bits per heavy atom. The Morgan fingerprint density at radius 3 is 0.596 bits per heavy atom. The highest BCUT2D eigenvalue weighted by Crippen LogP contribution is 2.50. The molecule has 0 atom stereocenters. The molecule has 0 spiro atoms. The molecule has 94 heavy (non-hydrogen) atoms. The van der Waals surface area contributed by atoms with Crippen LogP contribution in [0.3, 0.4) is 0 Å². The van der Waals surface area contributed by atoms with E-state index in [9.17, 15) is 57.5 Å². The van der Waals surface area contributed by atoms with E-state index in [-0.39, 0.29) is 52.4 Å². The SMILES string of the molecule is CCN1C(=O)c2ccc3c4ccc5c6c(ccc(c7ccc(c2c37)C1=O)c64)C(=O)N(CN1C(=O)c2ccc3c4ccc6c7c(ccc(c8ccc(c2c38)C1=O)c74)C(=O)NC6=O)C5=O.CN1C(=O)c2ccc3c4ccc5c6c(ccc(c7ccc(c2c37)C1=O)c64)C(=O)NC5=O. The molecule has 2 N–H and O–H groups in total. The molecule has 12 amide bonds. The molecule has 442 valence electrons. The average Bonchev–Trinajstić information content (AvgIpc) is 0.703. The van der Waals surface area contributed by atoms with Gasteiger partial charge in [-0.3, -0.25) is 87.8 Å². The molecule has 0 radical (unpaired) electrons. The molecule has 15 aromatic carbocycles. The van der Waals surface area contributed by atoms with Crippen LogP contribution >= 0.6 is 0 Å². The number of benzene rings is 15. The molecule has 0 aromatic heterocycles. The van der Waals surface area contributed by atoms with E-state index in [1.54, 1.807) is 104 Å². The van der Waals surface area contributed by atoms with Crippen LogP contribution in [0.15, 0.2) is 146 Å². The van der Waals surface area contributed by atoms with E-state index < -0.39 is 53.9 Å². The fourth-order valence-corrected chi connectivity index (χ4v) is 16.6. The Kier molecular flexibility index (Phi) is 9.43. The molecule has 0 bridgehead atoms. The molecule has 0 fully saturated rings. The van der Waals surface area contributed by atoms with Crippen molar-refractivity contribution in [3.8, 4) is 0 Å². The van der Waals surface area contributed by atoms with Gasteiger partial charge in [0.15, 0.2) is 0 Å². The standard InChI is InChI=1S/C51H24N4O8.C25H12N2O4/c1-2-53-46(58)30-13-5-24-26-9-17-34-43-35(18-10-27(39(26)43)25-6-14-31(47(53)59)41(30)37(24)25)51(63)55(50(34)62)19-54-48(60)32-15-7-22-20-3-11-28-40-29(45(57)52-44(28)56)12-4-21(36(20)40)23-8-16-33(49(54)61)42(32)38(22)23;1-27-24(30)16-8-4-12-10-2-6-14-20-15(23(29)26-22(14)28)7-3-11(18(10)20)13-5-9-17(25(27)31)21(16)19(12)13/h3-18H,2,19H2,1H3,(H,52,56,57);2-9H,1H3,(H,26,28,29). The summed E-state index contributed by atoms with van der Waals surface area (Å²) in [6.07, 6.45) is 0. The van der Waals surface area contributed by atoms with Gasteiger partial charge in [-0.1, -0.05) is 72.8 Å². The minimum absolute atomic E-state index is 0.231. The van der Waals surface area contributed by atoms with Gasteiger partial charge in [-0.2, -0.15) is 0 Å². The molecular formula is C76H36N6O12. The van der Waals surface area contributed by atoms with Gasteiger partial charge in [0.25, 0.3) is 70.9 Å². The number of imide groups is 6. The number of carbonyl (C=O) groups excluding carboxylic acids is 12. The summed E-state index contributed by atoms with van der Waals surface area (Å²) in [4.78, 5) is 166. The third-order valence-electron chi connectivity index (χ3n) is 20.7. The van der Waals surface area contributed by atoms with E-state index in [1.165, 1.54) is 11.9 Å². The zero-order valence-electron chi connectivity index (χ0n) is 49.0. The van der Waals surface area contributed by atoms with Gasteiger partial charge < -0.3 is 0 Å². The van der Waals surface area contributed by atoms with Crippen LogP contribution in [0.25, 0.3) is 129 Å². The zero-order valence-corrected chi connectivity index (χ0v) is 49.0. The van der Waals surface area contributed by atoms with Crippen LogP contribution in [0.4, 0.5) is 0 Å². The predicted molar refractivity (Wildman–Crippen MR) is 350 cm³/mol. The van der Waals surface area contributed by atoms with Gasteiger partial charge in [-0.05, 0) is 177 Å². The first-order valence-corrected chi connectivity index (χ1v) is 30.3. The van der Waals surface area contributed by atoms with Crippen molar-refractivity contribution < 1.29 is 57.5 Å². The van der Waals surface area contributed by atoms with Crippen molar-refractivity contribution in [3.63, 3.8) is 0 Å². The molecule has 0 saturated carbocycles. The van der Waals surface area contributed by atoms with Crippen molar-refractivity contribution in [2.75, 3.05) is 20.3 Å². The van der Waals surface area contributed by atoms with Gasteiger partial charge in [-0.15, -0.1) is 0 Å². The van der Waals surface area contributed by atoms with Crippen molar-refractivity contribution in [2.24, 2.45) is 0 Å². The lowest BCUT2D eigenvalue weighted by Crippen LogP contribution is -2.51. The highest BCUT2D eigenvalue weighted by Gasteiger charge is 2.43. The summed E-state index contributed by atoms with van der Waals surface area (Å²) >= 11 is 0. The molecule has 6 aliphatic rings. The molecule has 0 unspecified atom stereocenters. The number of nitrogens with one attached hydrogen (secondary N) is 2. The van der Waals surface area contributed by atoms with Crippen LogP contribution in [0.2, 0.25) is 0 Å². The third-order valence-corrected chi connectivity index (χ3v) is 20.7. The maximum absolute atomic E-state index is 14.6. The third kappa shape index (κ3) is 5.92. The lowest BCUT2D eigenvalue weighted by molar-refractivity contribution is 0.0415. The minimum Gasteiger partial charge on any atom is -0.288 e. The molecule has 15 aromatic rings. The number of fused-ring (bicyclic) bond motifs is 6. The molecule has 0 aliphatic carbocycles. The number of hydrogen-bond acceptors (Lipinski definition) is 12. The lowest BCUT2D eigenvalue weighted by Gasteiger charge is -2.34. The Balaban J connectivity index is 0.000000164. The number of nitrogens with zero attached hydrogens (tertiary/aromatic N) is 4. The van der Waals surface area contributed by atoms with Gasteiger partial charge in [0.2, 0.25) is 0 Å². The summed E-state index contributed by atoms with van der Waals surface area (Å²) in [7, 11) is 1.49. The second kappa shape index (κ2) is 17.1. The maximum atomic E-state index is 14.6.